The van der Waals surface area contributed by atoms with Crippen LogP contribution in [0.1, 0.15) is 11.3 Å². The summed E-state index contributed by atoms with van der Waals surface area (Å²) in [6.07, 6.45) is -3.43. The number of aliphatic hydroxyl groups excluding tert-OH is 3. The molecule has 1 saturated heterocycles. The van der Waals surface area contributed by atoms with Crippen LogP contribution < -0.4 is 10.2 Å². The first kappa shape index (κ1) is 16.3. The number of rotatable bonds is 2. The lowest BCUT2D eigenvalue weighted by atomic mass is 10.1. The fourth-order valence-electron chi connectivity index (χ4n) is 2.47. The van der Waals surface area contributed by atoms with Crippen LogP contribution in [0.3, 0.4) is 0 Å². The van der Waals surface area contributed by atoms with E-state index >= 15 is 0 Å². The van der Waals surface area contributed by atoms with Gasteiger partial charge in [-0.1, -0.05) is 0 Å². The third-order valence-electron chi connectivity index (χ3n) is 4.04. The van der Waals surface area contributed by atoms with Gasteiger partial charge in [-0.15, -0.1) is 11.8 Å². The summed E-state index contributed by atoms with van der Waals surface area (Å²) in [7, 11) is 0. The molecule has 3 rings (SSSR count). The fraction of sp³-hybridized carbons (Fsp3) is 0.438. The molecule has 0 saturated carbocycles. The van der Waals surface area contributed by atoms with Gasteiger partial charge >= 0.3 is 0 Å². The third-order valence-corrected chi connectivity index (χ3v) is 5.27. The molecule has 124 valence electrons. The minimum absolute atomic E-state index is 0.0825. The summed E-state index contributed by atoms with van der Waals surface area (Å²) < 4.78 is 11.3. The summed E-state index contributed by atoms with van der Waals surface area (Å²) >= 11 is 1.22. The largest absolute Gasteiger partial charge is 0.477 e. The highest BCUT2D eigenvalue weighted by atomic mass is 32.2. The number of benzene rings is 1. The maximum Gasteiger partial charge on any atom is 0.195 e. The zero-order valence-corrected chi connectivity index (χ0v) is 13.5. The molecular weight excluding hydrogens is 320 g/mol. The molecule has 4 atom stereocenters. The van der Waals surface area contributed by atoms with Crippen molar-refractivity contribution in [1.29, 1.82) is 0 Å². The van der Waals surface area contributed by atoms with Gasteiger partial charge in [-0.2, -0.15) is 0 Å². The summed E-state index contributed by atoms with van der Waals surface area (Å²) in [4.78, 5) is 12.2. The standard InChI is InChI=1S/C16H18O6S/c1-7-8(2)21-12-5-9(3-4-10(12)13(7)18)22-16-15(20)14(19)11(17)6-23-16/h3-5,11,14-17,19-20H,6H2,1-2H3/t11-,14+,15-,16+/m1/s1. The van der Waals surface area contributed by atoms with Crippen molar-refractivity contribution in [3.05, 3.63) is 39.7 Å². The van der Waals surface area contributed by atoms with Gasteiger partial charge < -0.3 is 24.5 Å². The Balaban J connectivity index is 1.90. The van der Waals surface area contributed by atoms with Crippen LogP contribution in [0.2, 0.25) is 0 Å². The van der Waals surface area contributed by atoms with Crippen LogP contribution in [0.5, 0.6) is 5.75 Å². The van der Waals surface area contributed by atoms with Crippen molar-refractivity contribution in [2.75, 3.05) is 5.75 Å². The van der Waals surface area contributed by atoms with Crippen LogP contribution in [0.4, 0.5) is 0 Å². The van der Waals surface area contributed by atoms with Crippen LogP contribution in [-0.2, 0) is 0 Å². The van der Waals surface area contributed by atoms with Gasteiger partial charge in [0.25, 0.3) is 0 Å². The van der Waals surface area contributed by atoms with E-state index in [9.17, 15) is 20.1 Å². The topological polar surface area (TPSA) is 100 Å². The van der Waals surface area contributed by atoms with Crippen LogP contribution >= 0.6 is 11.8 Å². The quantitative estimate of drug-likeness (QED) is 0.749. The highest BCUT2D eigenvalue weighted by Crippen LogP contribution is 2.30. The highest BCUT2D eigenvalue weighted by molar-refractivity contribution is 7.99. The number of ether oxygens (including phenoxy) is 1. The normalized spacial score (nSPS) is 28.0. The Bertz CT molecular complexity index is 786. The average molecular weight is 338 g/mol. The van der Waals surface area contributed by atoms with Gasteiger partial charge in [-0.05, 0) is 26.0 Å². The summed E-state index contributed by atoms with van der Waals surface area (Å²) in [5.74, 6) is 1.23. The van der Waals surface area contributed by atoms with Crippen molar-refractivity contribution in [2.24, 2.45) is 0 Å². The summed E-state index contributed by atoms with van der Waals surface area (Å²) in [6, 6.07) is 4.83. The average Bonchev–Trinajstić information content (AvgIpc) is 2.53. The Labute approximate surface area is 136 Å². The number of aliphatic hydroxyl groups is 3. The summed E-state index contributed by atoms with van der Waals surface area (Å²) in [6.45, 7) is 3.44. The molecule has 2 heterocycles. The second-order valence-electron chi connectivity index (χ2n) is 5.64. The van der Waals surface area contributed by atoms with E-state index in [1.165, 1.54) is 11.8 Å². The zero-order valence-electron chi connectivity index (χ0n) is 12.7. The van der Waals surface area contributed by atoms with E-state index in [1.807, 2.05) is 0 Å². The minimum Gasteiger partial charge on any atom is -0.477 e. The van der Waals surface area contributed by atoms with Crippen molar-refractivity contribution in [1.82, 2.24) is 0 Å². The number of thioether (sulfide) groups is 1. The van der Waals surface area contributed by atoms with Gasteiger partial charge in [0.05, 0.1) is 11.5 Å². The van der Waals surface area contributed by atoms with Crippen LogP contribution in [0.25, 0.3) is 11.0 Å². The molecule has 0 unspecified atom stereocenters. The van der Waals surface area contributed by atoms with Gasteiger partial charge in [-0.25, -0.2) is 0 Å². The SMILES string of the molecule is Cc1oc2cc(O[C@H]3SC[C@@H](O)[C@H](O)[C@H]3O)ccc2c(=O)c1C. The second-order valence-corrected chi connectivity index (χ2v) is 6.77. The molecule has 1 aliphatic heterocycles. The van der Waals surface area contributed by atoms with Crippen LogP contribution in [-0.4, -0.2) is 44.8 Å². The molecule has 2 aromatic rings. The molecule has 3 N–H and O–H groups in total. The summed E-state index contributed by atoms with van der Waals surface area (Å²) in [5.41, 5.74) is 0.193. The first-order valence-electron chi connectivity index (χ1n) is 7.25. The molecule has 23 heavy (non-hydrogen) atoms. The van der Waals surface area contributed by atoms with E-state index in [-0.39, 0.29) is 11.2 Å². The second kappa shape index (κ2) is 6.16. The van der Waals surface area contributed by atoms with E-state index in [1.54, 1.807) is 32.0 Å². The Morgan fingerprint density at radius 3 is 2.70 bits per heavy atom. The smallest absolute Gasteiger partial charge is 0.195 e. The number of hydrogen-bond donors (Lipinski definition) is 3. The predicted molar refractivity (Wildman–Crippen MR) is 86.9 cm³/mol. The lowest BCUT2D eigenvalue weighted by Gasteiger charge is -2.34. The third kappa shape index (κ3) is 2.97. The molecule has 0 radical (unpaired) electrons. The Hall–Kier alpha value is -1.54. The molecule has 0 spiro atoms. The first-order chi connectivity index (χ1) is 10.9. The van der Waals surface area contributed by atoms with E-state index in [0.717, 1.165) is 0 Å². The van der Waals surface area contributed by atoms with Gasteiger partial charge in [0, 0.05) is 17.4 Å². The Morgan fingerprint density at radius 1 is 1.22 bits per heavy atom. The molecule has 7 heteroatoms. The van der Waals surface area contributed by atoms with Crippen LogP contribution in [0, 0.1) is 13.8 Å². The fourth-order valence-corrected chi connectivity index (χ4v) is 3.59. The lowest BCUT2D eigenvalue weighted by molar-refractivity contribution is -0.0786. The molecule has 0 aliphatic carbocycles. The Kier molecular flexibility index (Phi) is 4.37. The molecule has 1 fully saturated rings. The van der Waals surface area contributed by atoms with E-state index in [4.69, 9.17) is 9.15 Å². The molecule has 1 aromatic carbocycles. The van der Waals surface area contributed by atoms with Crippen molar-refractivity contribution >= 4 is 22.7 Å². The highest BCUT2D eigenvalue weighted by Gasteiger charge is 2.38. The maximum absolute atomic E-state index is 12.2. The van der Waals surface area contributed by atoms with E-state index in [0.29, 0.717) is 28.0 Å². The first-order valence-corrected chi connectivity index (χ1v) is 8.30. The van der Waals surface area contributed by atoms with Crippen molar-refractivity contribution in [2.45, 2.75) is 37.6 Å². The maximum atomic E-state index is 12.2. The molecule has 1 aromatic heterocycles. The van der Waals surface area contributed by atoms with Crippen LogP contribution in [0.15, 0.2) is 27.4 Å². The molecule has 0 amide bonds. The number of fused-ring (bicyclic) bond motifs is 1. The minimum atomic E-state index is -1.25. The van der Waals surface area contributed by atoms with E-state index in [2.05, 4.69) is 0 Å². The van der Waals surface area contributed by atoms with E-state index < -0.39 is 23.7 Å². The van der Waals surface area contributed by atoms with Crippen molar-refractivity contribution < 1.29 is 24.5 Å². The van der Waals surface area contributed by atoms with Crippen molar-refractivity contribution in [3.8, 4) is 5.75 Å². The van der Waals surface area contributed by atoms with Gasteiger partial charge in [0.2, 0.25) is 0 Å². The lowest BCUT2D eigenvalue weighted by Crippen LogP contribution is -2.50. The molecule has 1 aliphatic rings. The number of aryl methyl sites for hydroxylation is 1. The predicted octanol–water partition coefficient (Wildman–Crippen LogP) is 0.944. The van der Waals surface area contributed by atoms with Gasteiger partial charge in [-0.3, -0.25) is 4.79 Å². The molecular formula is C16H18O6S. The zero-order chi connectivity index (χ0) is 16.7. The number of hydrogen-bond acceptors (Lipinski definition) is 7. The molecule has 0 bridgehead atoms. The molecule has 6 nitrogen and oxygen atoms in total. The van der Waals surface area contributed by atoms with Crippen molar-refractivity contribution in [3.63, 3.8) is 0 Å². The summed E-state index contributed by atoms with van der Waals surface area (Å²) in [5, 5.41) is 29.7. The monoisotopic (exact) mass is 338 g/mol. The van der Waals surface area contributed by atoms with Gasteiger partial charge in [0.1, 0.15) is 29.3 Å². The Morgan fingerprint density at radius 2 is 1.96 bits per heavy atom. The van der Waals surface area contributed by atoms with Gasteiger partial charge in [0.15, 0.2) is 10.9 Å².